The number of phenols is 1. The van der Waals surface area contributed by atoms with Crippen molar-refractivity contribution < 1.29 is 10.3 Å². The van der Waals surface area contributed by atoms with E-state index < -0.39 is 0 Å². The van der Waals surface area contributed by atoms with Crippen molar-refractivity contribution in [1.82, 2.24) is 0 Å². The number of aromatic hydroxyl groups is 1. The lowest BCUT2D eigenvalue weighted by atomic mass is 10.1. The molecule has 0 aliphatic heterocycles. The molecular weight excluding hydrogens is 166 g/mol. The molecule has 1 aromatic carbocycles. The smallest absolute Gasteiger partial charge is 0.125 e. The van der Waals surface area contributed by atoms with Gasteiger partial charge in [0.25, 0.3) is 0 Å². The van der Waals surface area contributed by atoms with Crippen molar-refractivity contribution in [1.29, 1.82) is 0 Å². The molecule has 2 N–H and O–H groups in total. The average molecular weight is 179 g/mol. The van der Waals surface area contributed by atoms with Gasteiger partial charge in [-0.05, 0) is 31.0 Å². The molecule has 1 aromatic rings. The lowest BCUT2D eigenvalue weighted by Gasteiger charge is -2.04. The van der Waals surface area contributed by atoms with Gasteiger partial charge in [-0.3, -0.25) is 0 Å². The third-order valence-corrected chi connectivity index (χ3v) is 1.92. The first kappa shape index (κ1) is 9.58. The van der Waals surface area contributed by atoms with Crippen LogP contribution in [0.3, 0.4) is 0 Å². The summed E-state index contributed by atoms with van der Waals surface area (Å²) in [5.41, 5.74) is 2.07. The standard InChI is InChI=1S/C10H13NO2/c1-3-9(11-13)8-5-4-7(2)6-10(8)12/h4-6,12-13H,3H2,1-2H3. The lowest BCUT2D eigenvalue weighted by Crippen LogP contribution is -1.99. The Morgan fingerprint density at radius 2 is 2.15 bits per heavy atom. The molecule has 1 rings (SSSR count). The fraction of sp³-hybridized carbons (Fsp3) is 0.300. The fourth-order valence-corrected chi connectivity index (χ4v) is 1.20. The minimum absolute atomic E-state index is 0.162. The molecule has 0 unspecified atom stereocenters. The predicted molar refractivity (Wildman–Crippen MR) is 51.5 cm³/mol. The molecule has 0 radical (unpaired) electrons. The zero-order valence-corrected chi connectivity index (χ0v) is 7.78. The maximum atomic E-state index is 9.53. The van der Waals surface area contributed by atoms with Crippen molar-refractivity contribution >= 4 is 5.71 Å². The summed E-state index contributed by atoms with van der Waals surface area (Å²) in [7, 11) is 0. The molecular formula is C10H13NO2. The molecule has 0 heterocycles. The van der Waals surface area contributed by atoms with Crippen LogP contribution < -0.4 is 0 Å². The highest BCUT2D eigenvalue weighted by Gasteiger charge is 2.06. The first-order chi connectivity index (χ1) is 6.19. The van der Waals surface area contributed by atoms with E-state index >= 15 is 0 Å². The zero-order valence-electron chi connectivity index (χ0n) is 7.78. The van der Waals surface area contributed by atoms with Gasteiger partial charge in [0.15, 0.2) is 0 Å². The van der Waals surface area contributed by atoms with E-state index in [9.17, 15) is 5.11 Å². The molecule has 0 saturated heterocycles. The molecule has 0 aromatic heterocycles. The molecule has 3 heteroatoms. The van der Waals surface area contributed by atoms with Gasteiger partial charge >= 0.3 is 0 Å². The Kier molecular flexibility index (Phi) is 2.90. The molecule has 0 amide bonds. The largest absolute Gasteiger partial charge is 0.507 e. The van der Waals surface area contributed by atoms with E-state index in [0.29, 0.717) is 17.7 Å². The van der Waals surface area contributed by atoms with Crippen molar-refractivity contribution in [3.63, 3.8) is 0 Å². The Morgan fingerprint density at radius 3 is 2.62 bits per heavy atom. The van der Waals surface area contributed by atoms with E-state index in [1.54, 1.807) is 12.1 Å². The van der Waals surface area contributed by atoms with Crippen LogP contribution in [0.25, 0.3) is 0 Å². The monoisotopic (exact) mass is 179 g/mol. The second-order valence-corrected chi connectivity index (χ2v) is 2.92. The van der Waals surface area contributed by atoms with Gasteiger partial charge < -0.3 is 10.3 Å². The van der Waals surface area contributed by atoms with Crippen LogP contribution in [0.1, 0.15) is 24.5 Å². The molecule has 13 heavy (non-hydrogen) atoms. The molecule has 0 bridgehead atoms. The molecule has 70 valence electrons. The summed E-state index contributed by atoms with van der Waals surface area (Å²) in [5, 5.41) is 21.3. The number of hydrogen-bond donors (Lipinski definition) is 2. The first-order valence-electron chi connectivity index (χ1n) is 4.20. The highest BCUT2D eigenvalue weighted by atomic mass is 16.4. The SMILES string of the molecule is CCC(=NO)c1ccc(C)cc1O. The molecule has 3 nitrogen and oxygen atoms in total. The van der Waals surface area contributed by atoms with Gasteiger partial charge in [0, 0.05) is 5.56 Å². The number of rotatable bonds is 2. The number of oxime groups is 1. The van der Waals surface area contributed by atoms with Crippen molar-refractivity contribution in [3.8, 4) is 5.75 Å². The Labute approximate surface area is 77.3 Å². The van der Waals surface area contributed by atoms with Crippen LogP contribution in [-0.2, 0) is 0 Å². The van der Waals surface area contributed by atoms with Crippen LogP contribution in [0.2, 0.25) is 0 Å². The summed E-state index contributed by atoms with van der Waals surface area (Å²) in [6.07, 6.45) is 0.590. The van der Waals surface area contributed by atoms with Crippen molar-refractivity contribution in [2.75, 3.05) is 0 Å². The first-order valence-corrected chi connectivity index (χ1v) is 4.20. The zero-order chi connectivity index (χ0) is 9.84. The summed E-state index contributed by atoms with van der Waals surface area (Å²) in [6.45, 7) is 3.76. The van der Waals surface area contributed by atoms with Gasteiger partial charge in [-0.15, -0.1) is 0 Å². The molecule has 0 atom stereocenters. The summed E-state index contributed by atoms with van der Waals surface area (Å²) in [5.74, 6) is 0.162. The van der Waals surface area contributed by atoms with Crippen LogP contribution in [0.5, 0.6) is 5.75 Å². The topological polar surface area (TPSA) is 52.8 Å². The summed E-state index contributed by atoms with van der Waals surface area (Å²) in [4.78, 5) is 0. The van der Waals surface area contributed by atoms with Crippen molar-refractivity contribution in [3.05, 3.63) is 29.3 Å². The van der Waals surface area contributed by atoms with Gasteiger partial charge in [-0.1, -0.05) is 18.1 Å². The minimum atomic E-state index is 0.162. The average Bonchev–Trinajstić information content (AvgIpc) is 2.10. The van der Waals surface area contributed by atoms with E-state index in [2.05, 4.69) is 5.16 Å². The van der Waals surface area contributed by atoms with Crippen LogP contribution in [0.4, 0.5) is 0 Å². The normalized spacial score (nSPS) is 11.7. The van der Waals surface area contributed by atoms with Gasteiger partial charge in [0.05, 0.1) is 5.71 Å². The van der Waals surface area contributed by atoms with E-state index in [0.717, 1.165) is 5.56 Å². The van der Waals surface area contributed by atoms with Crippen molar-refractivity contribution in [2.45, 2.75) is 20.3 Å². The van der Waals surface area contributed by atoms with Gasteiger partial charge in [0.2, 0.25) is 0 Å². The Balaban J connectivity index is 3.15. The van der Waals surface area contributed by atoms with Crippen LogP contribution >= 0.6 is 0 Å². The fourth-order valence-electron chi connectivity index (χ4n) is 1.20. The highest BCUT2D eigenvalue weighted by molar-refractivity contribution is 6.02. The van der Waals surface area contributed by atoms with Crippen LogP contribution in [0.15, 0.2) is 23.4 Å². The molecule has 0 fully saturated rings. The Bertz CT molecular complexity index is 332. The van der Waals surface area contributed by atoms with Gasteiger partial charge in [-0.25, -0.2) is 0 Å². The summed E-state index contributed by atoms with van der Waals surface area (Å²) >= 11 is 0. The number of phenolic OH excluding ortho intramolecular Hbond substituents is 1. The third-order valence-electron chi connectivity index (χ3n) is 1.92. The van der Waals surface area contributed by atoms with E-state index in [-0.39, 0.29) is 5.75 Å². The van der Waals surface area contributed by atoms with Crippen molar-refractivity contribution in [2.24, 2.45) is 5.16 Å². The molecule has 0 saturated carbocycles. The van der Waals surface area contributed by atoms with Gasteiger partial charge in [0.1, 0.15) is 5.75 Å². The highest BCUT2D eigenvalue weighted by Crippen LogP contribution is 2.20. The maximum Gasteiger partial charge on any atom is 0.125 e. The second kappa shape index (κ2) is 3.94. The maximum absolute atomic E-state index is 9.53. The molecule has 0 aliphatic rings. The van der Waals surface area contributed by atoms with Crippen LogP contribution in [0, 0.1) is 6.92 Å². The quantitative estimate of drug-likeness (QED) is 0.415. The number of benzene rings is 1. The molecule has 0 spiro atoms. The van der Waals surface area contributed by atoms with E-state index in [1.165, 1.54) is 0 Å². The number of hydrogen-bond acceptors (Lipinski definition) is 3. The van der Waals surface area contributed by atoms with E-state index in [1.807, 2.05) is 19.9 Å². The predicted octanol–water partition coefficient (Wildman–Crippen LogP) is 2.29. The Morgan fingerprint density at radius 1 is 1.46 bits per heavy atom. The Hall–Kier alpha value is -1.51. The number of nitrogens with zero attached hydrogens (tertiary/aromatic N) is 1. The minimum Gasteiger partial charge on any atom is -0.507 e. The number of aryl methyl sites for hydroxylation is 1. The second-order valence-electron chi connectivity index (χ2n) is 2.92. The lowest BCUT2D eigenvalue weighted by molar-refractivity contribution is 0.318. The summed E-state index contributed by atoms with van der Waals surface area (Å²) in [6, 6.07) is 5.27. The van der Waals surface area contributed by atoms with E-state index in [4.69, 9.17) is 5.21 Å². The summed E-state index contributed by atoms with van der Waals surface area (Å²) < 4.78 is 0. The van der Waals surface area contributed by atoms with Gasteiger partial charge in [-0.2, -0.15) is 0 Å². The molecule has 0 aliphatic carbocycles. The third kappa shape index (κ3) is 1.99. The van der Waals surface area contributed by atoms with Crippen LogP contribution in [-0.4, -0.2) is 16.0 Å².